The van der Waals surface area contributed by atoms with E-state index in [1.807, 2.05) is 6.92 Å². The third-order valence-electron chi connectivity index (χ3n) is 17.1. The molecule has 8 rings (SSSR count). The highest BCUT2D eigenvalue weighted by Gasteiger charge is 2.70. The van der Waals surface area contributed by atoms with E-state index in [0.29, 0.717) is 56.9 Å². The molecule has 2 bridgehead atoms. The number of hydrogen-bond acceptors (Lipinski definition) is 23. The second-order valence-corrected chi connectivity index (χ2v) is 20.8. The monoisotopic (exact) mass is 966 g/mol. The second kappa shape index (κ2) is 19.4. The summed E-state index contributed by atoms with van der Waals surface area (Å²) < 4.78 is 48.2. The molecular formula is C44H70O23. The smallest absolute Gasteiger partial charge is 0.314 e. The van der Waals surface area contributed by atoms with Crippen LogP contribution >= 0.6 is 0 Å². The highest BCUT2D eigenvalue weighted by Crippen LogP contribution is 2.74. The van der Waals surface area contributed by atoms with Crippen molar-refractivity contribution in [2.45, 2.75) is 200 Å². The molecule has 67 heavy (non-hydrogen) atoms. The van der Waals surface area contributed by atoms with Crippen molar-refractivity contribution in [1.82, 2.24) is 0 Å². The SMILES string of the molecule is C=C1C[C@@]23CC[C@H]4[C@@](C)(CCC[C@@]4(C)C(=O)O[C@@H]4O[C@H](CO)[C@@H](O)[C@H](O)[C@H]4O)[C@@H]2CC[C@]1(O[C@@H]1O[C@H](CO)[C@@H](O)[C@H](O[C@@H]2O[C@H](CO)[C@@H](O)[C@H](O)[C@H]2O)[C@H]1O[C@H]1O[C@@H](CO)[C@H](O)[C@@H](O)[C@@H]1O)C3. The van der Waals surface area contributed by atoms with Crippen LogP contribution in [0, 0.1) is 28.1 Å². The summed E-state index contributed by atoms with van der Waals surface area (Å²) >= 11 is 0. The lowest BCUT2D eigenvalue weighted by molar-refractivity contribution is -0.400. The Morgan fingerprint density at radius 3 is 1.57 bits per heavy atom. The van der Waals surface area contributed by atoms with Gasteiger partial charge in [0, 0.05) is 0 Å². The van der Waals surface area contributed by atoms with Gasteiger partial charge in [0.25, 0.3) is 0 Å². The Morgan fingerprint density at radius 2 is 1.03 bits per heavy atom. The van der Waals surface area contributed by atoms with Gasteiger partial charge in [-0.15, -0.1) is 0 Å². The summed E-state index contributed by atoms with van der Waals surface area (Å²) in [4.78, 5) is 14.3. The third-order valence-corrected chi connectivity index (χ3v) is 17.1. The molecule has 8 aliphatic rings. The molecule has 23 nitrogen and oxygen atoms in total. The van der Waals surface area contributed by atoms with Crippen LogP contribution in [0.5, 0.6) is 0 Å². The minimum absolute atomic E-state index is 0.0251. The second-order valence-electron chi connectivity index (χ2n) is 20.8. The van der Waals surface area contributed by atoms with Gasteiger partial charge in [-0.25, -0.2) is 0 Å². The third kappa shape index (κ3) is 8.63. The average Bonchev–Trinajstić information content (AvgIpc) is 3.50. The molecule has 4 heterocycles. The van der Waals surface area contributed by atoms with Crippen LogP contribution < -0.4 is 0 Å². The predicted molar refractivity (Wildman–Crippen MR) is 219 cm³/mol. The van der Waals surface area contributed by atoms with Crippen molar-refractivity contribution in [3.63, 3.8) is 0 Å². The van der Waals surface area contributed by atoms with E-state index in [0.717, 1.165) is 6.42 Å². The van der Waals surface area contributed by atoms with E-state index in [-0.39, 0.29) is 11.8 Å². The molecule has 0 amide bonds. The molecule has 1 spiro atoms. The standard InChI is InChI=1S/C44H70O23/c1-17-11-43-9-5-22-41(2,7-4-8-42(22,3)40(59)66-38-33(58)30(55)26(51)20(14-47)62-38)23(43)6-10-44(17,16-43)67-39-35(65-37-32(57)29(54)25(50)19(13-46)61-37)34(27(52)21(15-48)63-39)64-36-31(56)28(53)24(49)18(12-45)60-36/h18-39,45-58H,1,4-16H2,2-3H3/t18-,19+,20-,21-,22+,23+,24-,25+,26-,27-,28+,29-,30+,31-,32+,33-,34+,35-,36+,37-,38+,39+,41-,42-,43-,44+/m1/s1. The zero-order valence-corrected chi connectivity index (χ0v) is 37.5. The van der Waals surface area contributed by atoms with Crippen molar-refractivity contribution in [2.24, 2.45) is 28.1 Å². The van der Waals surface area contributed by atoms with Crippen LogP contribution in [-0.2, 0) is 42.7 Å². The molecule has 0 aromatic rings. The minimum Gasteiger partial charge on any atom is -0.432 e. The minimum atomic E-state index is -1.95. The first-order valence-corrected chi connectivity index (χ1v) is 23.4. The van der Waals surface area contributed by atoms with Crippen molar-refractivity contribution in [2.75, 3.05) is 26.4 Å². The van der Waals surface area contributed by atoms with Crippen LogP contribution in [0.15, 0.2) is 12.2 Å². The number of aliphatic hydroxyl groups is 14. The van der Waals surface area contributed by atoms with Gasteiger partial charge < -0.3 is 109 Å². The van der Waals surface area contributed by atoms with E-state index in [1.165, 1.54) is 0 Å². The molecule has 4 aliphatic heterocycles. The van der Waals surface area contributed by atoms with Crippen molar-refractivity contribution in [1.29, 1.82) is 0 Å². The topological polar surface area (TPSA) is 374 Å². The number of fused-ring (bicyclic) bond motifs is 3. The van der Waals surface area contributed by atoms with E-state index in [4.69, 9.17) is 37.9 Å². The Kier molecular flexibility index (Phi) is 15.0. The van der Waals surface area contributed by atoms with Crippen LogP contribution in [0.2, 0.25) is 0 Å². The maximum Gasteiger partial charge on any atom is 0.314 e. The lowest BCUT2D eigenvalue weighted by atomic mass is 9.41. The number of hydrogen-bond donors (Lipinski definition) is 14. The van der Waals surface area contributed by atoms with Crippen LogP contribution in [0.25, 0.3) is 0 Å². The highest BCUT2D eigenvalue weighted by atomic mass is 16.8. The number of ether oxygens (including phenoxy) is 8. The quantitative estimate of drug-likeness (QED) is 0.0494. The average molecular weight is 967 g/mol. The zero-order chi connectivity index (χ0) is 48.7. The highest BCUT2D eigenvalue weighted by molar-refractivity contribution is 5.77. The first-order chi connectivity index (χ1) is 31.6. The Bertz CT molecular complexity index is 1760. The number of rotatable bonds is 12. The summed E-state index contributed by atoms with van der Waals surface area (Å²) in [5, 5.41) is 148. The first-order valence-electron chi connectivity index (χ1n) is 23.4. The molecule has 0 aromatic heterocycles. The summed E-state index contributed by atoms with van der Waals surface area (Å²) in [5.41, 5.74) is -2.33. The Balaban J connectivity index is 1.06. The molecule has 4 aliphatic carbocycles. The van der Waals surface area contributed by atoms with E-state index in [9.17, 15) is 76.3 Å². The molecule has 14 N–H and O–H groups in total. The Labute approximate surface area is 386 Å². The Morgan fingerprint density at radius 1 is 0.567 bits per heavy atom. The van der Waals surface area contributed by atoms with Gasteiger partial charge in [0.05, 0.1) is 37.4 Å². The lowest BCUT2D eigenvalue weighted by Crippen LogP contribution is -2.68. The fraction of sp³-hybridized carbons (Fsp3) is 0.932. The molecule has 0 aromatic carbocycles. The van der Waals surface area contributed by atoms with Gasteiger partial charge in [-0.05, 0) is 86.5 Å². The number of aliphatic hydroxyl groups excluding tert-OH is 14. The van der Waals surface area contributed by atoms with E-state index >= 15 is 0 Å². The number of carbonyl (C=O) groups excluding carboxylic acids is 1. The van der Waals surface area contributed by atoms with Crippen molar-refractivity contribution >= 4 is 5.97 Å². The molecule has 4 saturated heterocycles. The predicted octanol–water partition coefficient (Wildman–Crippen LogP) is -5.11. The molecule has 384 valence electrons. The molecular weight excluding hydrogens is 896 g/mol. The summed E-state index contributed by atoms with van der Waals surface area (Å²) in [6.07, 6.45) is -29.1. The molecule has 4 saturated carbocycles. The van der Waals surface area contributed by atoms with Gasteiger partial charge in [-0.1, -0.05) is 19.9 Å². The van der Waals surface area contributed by atoms with Crippen LogP contribution in [0.4, 0.5) is 0 Å². The molecule has 0 unspecified atom stereocenters. The maximum atomic E-state index is 14.3. The van der Waals surface area contributed by atoms with Crippen LogP contribution in [0.3, 0.4) is 0 Å². The molecule has 0 radical (unpaired) electrons. The zero-order valence-electron chi connectivity index (χ0n) is 37.5. The van der Waals surface area contributed by atoms with Crippen LogP contribution in [-0.4, -0.2) is 232 Å². The van der Waals surface area contributed by atoms with Crippen LogP contribution in [0.1, 0.15) is 71.6 Å². The molecule has 8 fully saturated rings. The number of esters is 1. The van der Waals surface area contributed by atoms with E-state index < -0.39 is 177 Å². The fourth-order valence-corrected chi connectivity index (χ4v) is 13.5. The summed E-state index contributed by atoms with van der Waals surface area (Å²) in [7, 11) is 0. The van der Waals surface area contributed by atoms with E-state index in [2.05, 4.69) is 13.5 Å². The largest absolute Gasteiger partial charge is 0.432 e. The van der Waals surface area contributed by atoms with Crippen molar-refractivity contribution < 1.29 is 114 Å². The first kappa shape index (κ1) is 51.7. The maximum absolute atomic E-state index is 14.3. The van der Waals surface area contributed by atoms with Gasteiger partial charge in [0.15, 0.2) is 18.9 Å². The van der Waals surface area contributed by atoms with Gasteiger partial charge in [0.1, 0.15) is 97.7 Å². The van der Waals surface area contributed by atoms with Gasteiger partial charge in [-0.3, -0.25) is 4.79 Å². The normalized spacial score (nSPS) is 54.5. The Hall–Kier alpha value is -1.63. The van der Waals surface area contributed by atoms with Crippen molar-refractivity contribution in [3.05, 3.63) is 12.2 Å². The van der Waals surface area contributed by atoms with Gasteiger partial charge in [-0.2, -0.15) is 0 Å². The number of carbonyl (C=O) groups is 1. The molecule has 26 atom stereocenters. The summed E-state index contributed by atoms with van der Waals surface area (Å²) in [6, 6.07) is 0. The van der Waals surface area contributed by atoms with Gasteiger partial charge >= 0.3 is 5.97 Å². The summed E-state index contributed by atoms with van der Waals surface area (Å²) in [6.45, 7) is 5.41. The fourth-order valence-electron chi connectivity index (χ4n) is 13.5. The van der Waals surface area contributed by atoms with Crippen molar-refractivity contribution in [3.8, 4) is 0 Å². The molecule has 23 heteroatoms. The summed E-state index contributed by atoms with van der Waals surface area (Å²) in [5.74, 6) is -0.805. The van der Waals surface area contributed by atoms with Gasteiger partial charge in [0.2, 0.25) is 6.29 Å². The van der Waals surface area contributed by atoms with E-state index in [1.54, 1.807) is 0 Å². The lowest BCUT2D eigenvalue weighted by Gasteiger charge is -2.64.